The van der Waals surface area contributed by atoms with Crippen LogP contribution in [-0.2, 0) is 0 Å². The van der Waals surface area contributed by atoms with Crippen LogP contribution in [0.15, 0.2) is 36.4 Å². The third kappa shape index (κ3) is 4.21. The van der Waals surface area contributed by atoms with Crippen molar-refractivity contribution in [2.45, 2.75) is 76.3 Å². The van der Waals surface area contributed by atoms with Crippen molar-refractivity contribution in [3.63, 3.8) is 0 Å². The number of imide groups is 2. The number of fused-ring (bicyclic) bond motifs is 2. The van der Waals surface area contributed by atoms with Gasteiger partial charge in [-0.3, -0.25) is 29.0 Å². The van der Waals surface area contributed by atoms with Gasteiger partial charge in [0.1, 0.15) is 9.75 Å². The molecule has 10 heteroatoms. The second kappa shape index (κ2) is 10.4. The van der Waals surface area contributed by atoms with Crippen molar-refractivity contribution in [2.75, 3.05) is 0 Å². The van der Waals surface area contributed by atoms with Crippen molar-refractivity contribution in [2.24, 2.45) is 0 Å². The molecule has 2 aliphatic heterocycles. The van der Waals surface area contributed by atoms with Crippen molar-refractivity contribution < 1.29 is 19.2 Å². The zero-order chi connectivity index (χ0) is 28.5. The number of hydrogen-bond donors (Lipinski definition) is 0. The zero-order valence-corrected chi connectivity index (χ0v) is 26.1. The van der Waals surface area contributed by atoms with E-state index in [4.69, 9.17) is 0 Å². The van der Waals surface area contributed by atoms with Gasteiger partial charge < -0.3 is 0 Å². The smallest absolute Gasteiger partial charge is 0.270 e. The van der Waals surface area contributed by atoms with Gasteiger partial charge in [0, 0.05) is 41.3 Å². The molecule has 0 radical (unpaired) electrons. The van der Waals surface area contributed by atoms with Crippen molar-refractivity contribution in [1.82, 2.24) is 9.80 Å². The van der Waals surface area contributed by atoms with Gasteiger partial charge in [0.05, 0.1) is 11.1 Å². The number of thiophene rings is 4. The van der Waals surface area contributed by atoms with Crippen molar-refractivity contribution in [3.8, 4) is 29.3 Å². The summed E-state index contributed by atoms with van der Waals surface area (Å²) in [6, 6.07) is 12.2. The first-order valence-electron chi connectivity index (χ1n) is 14.7. The van der Waals surface area contributed by atoms with E-state index in [0.717, 1.165) is 80.6 Å². The van der Waals surface area contributed by atoms with E-state index in [1.54, 1.807) is 22.7 Å². The fraction of sp³-hybridized carbons (Fsp3) is 0.375. The summed E-state index contributed by atoms with van der Waals surface area (Å²) < 4.78 is 0. The summed E-state index contributed by atoms with van der Waals surface area (Å²) in [4.78, 5) is 63.1. The van der Waals surface area contributed by atoms with E-state index < -0.39 is 0 Å². The minimum absolute atomic E-state index is 0.0414. The van der Waals surface area contributed by atoms with Gasteiger partial charge >= 0.3 is 0 Å². The SMILES string of the molecule is O=C1c2cc(-c3ccc(-c4ccc(-c5cc6c(s5)C(=O)N(C5CCCCC5)C6=O)s4)s3)sc2C(=O)N1C1CCCCC1. The molecule has 0 atom stereocenters. The predicted molar refractivity (Wildman–Crippen MR) is 169 cm³/mol. The van der Waals surface area contributed by atoms with Crippen LogP contribution in [0.4, 0.5) is 0 Å². The Balaban J connectivity index is 1.00. The molecule has 2 fully saturated rings. The molecule has 4 amide bonds. The minimum Gasteiger partial charge on any atom is -0.270 e. The van der Waals surface area contributed by atoms with Gasteiger partial charge in [-0.15, -0.1) is 45.3 Å². The first-order valence-corrected chi connectivity index (χ1v) is 18.0. The maximum atomic E-state index is 13.2. The topological polar surface area (TPSA) is 74.8 Å². The Morgan fingerprint density at radius 2 is 0.810 bits per heavy atom. The minimum atomic E-state index is -0.134. The molecule has 0 bridgehead atoms. The van der Waals surface area contributed by atoms with E-state index in [0.29, 0.717) is 20.9 Å². The molecule has 2 saturated carbocycles. The van der Waals surface area contributed by atoms with Crippen LogP contribution in [0, 0.1) is 0 Å². The molecule has 214 valence electrons. The molecule has 0 N–H and O–H groups in total. The molecule has 4 aromatic heterocycles. The summed E-state index contributed by atoms with van der Waals surface area (Å²) in [5.41, 5.74) is 1.10. The van der Waals surface area contributed by atoms with Crippen molar-refractivity contribution in [1.29, 1.82) is 0 Å². The van der Waals surface area contributed by atoms with Crippen LogP contribution < -0.4 is 0 Å². The Kier molecular flexibility index (Phi) is 6.58. The highest BCUT2D eigenvalue weighted by atomic mass is 32.1. The molecular weight excluding hydrogens is 605 g/mol. The Labute approximate surface area is 259 Å². The Morgan fingerprint density at radius 3 is 1.17 bits per heavy atom. The van der Waals surface area contributed by atoms with Gasteiger partial charge in [0.25, 0.3) is 23.6 Å². The van der Waals surface area contributed by atoms with E-state index in [2.05, 4.69) is 24.3 Å². The zero-order valence-electron chi connectivity index (χ0n) is 22.9. The molecular formula is C32H28N2O4S4. The molecule has 8 rings (SSSR count). The maximum absolute atomic E-state index is 13.2. The molecule has 0 spiro atoms. The molecule has 4 aliphatic rings. The Morgan fingerprint density at radius 1 is 0.452 bits per heavy atom. The van der Waals surface area contributed by atoms with E-state index in [1.165, 1.54) is 45.3 Å². The largest absolute Gasteiger partial charge is 0.271 e. The van der Waals surface area contributed by atoms with Crippen LogP contribution >= 0.6 is 45.3 Å². The first kappa shape index (κ1) is 26.7. The Hall–Kier alpha value is -2.92. The third-order valence-electron chi connectivity index (χ3n) is 9.01. The molecule has 0 aromatic carbocycles. The number of nitrogens with zero attached hydrogens (tertiary/aromatic N) is 2. The van der Waals surface area contributed by atoms with E-state index >= 15 is 0 Å². The summed E-state index contributed by atoms with van der Waals surface area (Å²) in [6.45, 7) is 0. The molecule has 4 aromatic rings. The second-order valence-electron chi connectivity index (χ2n) is 11.6. The van der Waals surface area contributed by atoms with Gasteiger partial charge in [0.2, 0.25) is 0 Å². The molecule has 0 unspecified atom stereocenters. The van der Waals surface area contributed by atoms with Gasteiger partial charge in [-0.25, -0.2) is 0 Å². The van der Waals surface area contributed by atoms with Crippen LogP contribution in [0.2, 0.25) is 0 Å². The molecule has 0 saturated heterocycles. The highest BCUT2D eigenvalue weighted by molar-refractivity contribution is 7.29. The lowest BCUT2D eigenvalue weighted by atomic mass is 9.94. The summed E-state index contributed by atoms with van der Waals surface area (Å²) >= 11 is 6.15. The molecule has 6 nitrogen and oxygen atoms in total. The van der Waals surface area contributed by atoms with E-state index in [9.17, 15) is 19.2 Å². The number of amides is 4. The van der Waals surface area contributed by atoms with Crippen LogP contribution in [0.5, 0.6) is 0 Å². The third-order valence-corrected chi connectivity index (χ3v) is 14.0. The summed E-state index contributed by atoms with van der Waals surface area (Å²) in [5, 5.41) is 0. The van der Waals surface area contributed by atoms with Gasteiger partial charge in [-0.05, 0) is 62.1 Å². The van der Waals surface area contributed by atoms with Crippen molar-refractivity contribution in [3.05, 3.63) is 57.3 Å². The summed E-state index contributed by atoms with van der Waals surface area (Å²) in [7, 11) is 0. The predicted octanol–water partition coefficient (Wildman–Crippen LogP) is 8.79. The fourth-order valence-electron chi connectivity index (χ4n) is 6.87. The average molecular weight is 633 g/mol. The molecule has 6 heterocycles. The van der Waals surface area contributed by atoms with Gasteiger partial charge in [0.15, 0.2) is 0 Å². The van der Waals surface area contributed by atoms with Gasteiger partial charge in [-0.2, -0.15) is 0 Å². The quantitative estimate of drug-likeness (QED) is 0.206. The van der Waals surface area contributed by atoms with Crippen LogP contribution in [0.1, 0.15) is 104 Å². The lowest BCUT2D eigenvalue weighted by Crippen LogP contribution is -2.40. The number of carbonyl (C=O) groups is 4. The van der Waals surface area contributed by atoms with Crippen LogP contribution in [0.25, 0.3) is 29.3 Å². The van der Waals surface area contributed by atoms with E-state index in [1.807, 2.05) is 12.1 Å². The average Bonchev–Trinajstić information content (AvgIpc) is 3.84. The molecule has 42 heavy (non-hydrogen) atoms. The number of rotatable bonds is 5. The highest BCUT2D eigenvalue weighted by Gasteiger charge is 2.43. The van der Waals surface area contributed by atoms with Crippen LogP contribution in [0.3, 0.4) is 0 Å². The molecule has 2 aliphatic carbocycles. The highest BCUT2D eigenvalue weighted by Crippen LogP contribution is 2.46. The van der Waals surface area contributed by atoms with E-state index in [-0.39, 0.29) is 35.7 Å². The van der Waals surface area contributed by atoms with Crippen molar-refractivity contribution >= 4 is 69.0 Å². The Bertz CT molecular complexity index is 1570. The monoisotopic (exact) mass is 632 g/mol. The summed E-state index contributed by atoms with van der Waals surface area (Å²) in [5.74, 6) is -0.518. The lowest BCUT2D eigenvalue weighted by Gasteiger charge is -2.29. The second-order valence-corrected chi connectivity index (χ2v) is 15.9. The standard InChI is InChI=1S/C32H28N2O4S4/c35-29-19-15-25(41-27(19)31(37)33(29)17-7-3-1-4-8-17)23-13-11-21(39-23)22-12-14-24(40-22)26-16-20-28(42-26)32(38)34(30(20)36)18-9-5-2-6-10-18/h11-18H,1-10H2. The number of hydrogen-bond acceptors (Lipinski definition) is 8. The van der Waals surface area contributed by atoms with Gasteiger partial charge in [-0.1, -0.05) is 38.5 Å². The number of carbonyl (C=O) groups excluding carboxylic acids is 4. The fourth-order valence-corrected chi connectivity index (χ4v) is 11.3. The normalized spacial score (nSPS) is 19.8. The first-order chi connectivity index (χ1) is 20.5. The lowest BCUT2D eigenvalue weighted by molar-refractivity contribution is 0.0534. The maximum Gasteiger partial charge on any atom is 0.271 e. The van der Waals surface area contributed by atoms with Crippen LogP contribution in [-0.4, -0.2) is 45.5 Å². The summed E-state index contributed by atoms with van der Waals surface area (Å²) in [6.07, 6.45) is 10.3.